The first-order valence-corrected chi connectivity index (χ1v) is 10.2. The largest absolute Gasteiger partial charge is 0.503 e. The topological polar surface area (TPSA) is 94.6 Å². The quantitative estimate of drug-likeness (QED) is 0.680. The average Bonchev–Trinajstić information content (AvgIpc) is 3.19. The second kappa shape index (κ2) is 8.18. The van der Waals surface area contributed by atoms with Gasteiger partial charge in [-0.15, -0.1) is 0 Å². The highest BCUT2D eigenvalue weighted by Gasteiger charge is 2.48. The van der Waals surface area contributed by atoms with E-state index in [9.17, 15) is 14.7 Å². The van der Waals surface area contributed by atoms with Crippen LogP contribution < -0.4 is 10.9 Å². The Hall–Kier alpha value is -2.74. The van der Waals surface area contributed by atoms with Crippen molar-refractivity contribution in [1.82, 2.24) is 20.7 Å². The first-order valence-electron chi connectivity index (χ1n) is 9.82. The summed E-state index contributed by atoms with van der Waals surface area (Å²) in [5.41, 5.74) is 7.70. The van der Waals surface area contributed by atoms with Crippen LogP contribution in [0.5, 0.6) is 0 Å². The van der Waals surface area contributed by atoms with Gasteiger partial charge in [-0.05, 0) is 43.2 Å². The molecule has 1 fully saturated rings. The van der Waals surface area contributed by atoms with E-state index >= 15 is 0 Å². The Balaban J connectivity index is 1.78. The molecule has 3 unspecified atom stereocenters. The highest BCUT2D eigenvalue weighted by molar-refractivity contribution is 6.30. The summed E-state index contributed by atoms with van der Waals surface area (Å²) in [4.78, 5) is 32.2. The van der Waals surface area contributed by atoms with Crippen molar-refractivity contribution in [2.75, 3.05) is 0 Å². The minimum atomic E-state index is -0.732. The third-order valence-corrected chi connectivity index (χ3v) is 5.96. The molecule has 2 aliphatic heterocycles. The van der Waals surface area contributed by atoms with Crippen LogP contribution in [0, 0.1) is 5.92 Å². The number of aromatic nitrogens is 1. The number of aliphatic hydroxyl groups excluding tert-OH is 1. The fourth-order valence-corrected chi connectivity index (χ4v) is 4.49. The fraction of sp³-hybridized carbons (Fsp3) is 0.318. The average molecular weight is 427 g/mol. The highest BCUT2D eigenvalue weighted by atomic mass is 35.5. The van der Waals surface area contributed by atoms with Gasteiger partial charge in [0, 0.05) is 36.0 Å². The number of carbonyl (C=O) groups excluding carboxylic acids is 2. The van der Waals surface area contributed by atoms with Crippen LogP contribution in [0.1, 0.15) is 31.0 Å². The Morgan fingerprint density at radius 3 is 2.57 bits per heavy atom. The number of nitrogens with zero attached hydrogens (tertiary/aromatic N) is 2. The van der Waals surface area contributed by atoms with Crippen molar-refractivity contribution in [2.24, 2.45) is 5.92 Å². The van der Waals surface area contributed by atoms with E-state index in [1.807, 2.05) is 26.0 Å². The van der Waals surface area contributed by atoms with E-state index in [1.165, 1.54) is 4.90 Å². The molecule has 3 N–H and O–H groups in total. The zero-order valence-electron chi connectivity index (χ0n) is 16.7. The molecular weight excluding hydrogens is 404 g/mol. The first-order chi connectivity index (χ1) is 14.4. The summed E-state index contributed by atoms with van der Waals surface area (Å²) in [6, 6.07) is 9.64. The molecule has 1 amide bonds. The van der Waals surface area contributed by atoms with E-state index in [0.717, 1.165) is 5.56 Å². The maximum Gasteiger partial charge on any atom is 0.290 e. The summed E-state index contributed by atoms with van der Waals surface area (Å²) in [5, 5.41) is 11.3. The number of halogens is 1. The molecular formula is C22H23ClN4O3. The predicted molar refractivity (Wildman–Crippen MR) is 112 cm³/mol. The van der Waals surface area contributed by atoms with Gasteiger partial charge in [0.2, 0.25) is 0 Å². The number of hydrazine groups is 1. The molecule has 1 aromatic carbocycles. The van der Waals surface area contributed by atoms with E-state index in [-0.39, 0.29) is 30.0 Å². The van der Waals surface area contributed by atoms with Crippen molar-refractivity contribution >= 4 is 23.3 Å². The van der Waals surface area contributed by atoms with Gasteiger partial charge in [-0.25, -0.2) is 0 Å². The molecule has 3 heterocycles. The Kier molecular flexibility index (Phi) is 5.60. The zero-order chi connectivity index (χ0) is 21.4. The third kappa shape index (κ3) is 3.60. The Morgan fingerprint density at radius 1 is 1.20 bits per heavy atom. The van der Waals surface area contributed by atoms with E-state index in [0.29, 0.717) is 10.6 Å². The molecule has 4 rings (SSSR count). The molecule has 0 radical (unpaired) electrons. The summed E-state index contributed by atoms with van der Waals surface area (Å²) in [6.07, 6.45) is 3.31. The van der Waals surface area contributed by atoms with Gasteiger partial charge >= 0.3 is 0 Å². The number of aliphatic hydroxyl groups is 1. The van der Waals surface area contributed by atoms with Crippen LogP contribution in [-0.2, 0) is 16.1 Å². The Labute approximate surface area is 179 Å². The molecule has 0 spiro atoms. The van der Waals surface area contributed by atoms with Crippen molar-refractivity contribution in [3.05, 3.63) is 76.3 Å². The normalized spacial score (nSPS) is 26.5. The van der Waals surface area contributed by atoms with Crippen LogP contribution in [0.3, 0.4) is 0 Å². The number of nitrogens with one attached hydrogen (secondary N) is 2. The van der Waals surface area contributed by atoms with Gasteiger partial charge in [-0.1, -0.05) is 29.8 Å². The fourth-order valence-electron chi connectivity index (χ4n) is 4.29. The number of pyridine rings is 1. The molecule has 3 atom stereocenters. The van der Waals surface area contributed by atoms with Gasteiger partial charge in [0.05, 0.1) is 17.5 Å². The zero-order valence-corrected chi connectivity index (χ0v) is 17.4. The number of hydrogen-bond donors (Lipinski definition) is 3. The van der Waals surface area contributed by atoms with E-state index in [1.54, 1.807) is 36.7 Å². The van der Waals surface area contributed by atoms with Crippen molar-refractivity contribution < 1.29 is 14.7 Å². The summed E-state index contributed by atoms with van der Waals surface area (Å²) >= 11 is 6.21. The maximum atomic E-state index is 13.6. The molecule has 2 aliphatic rings. The van der Waals surface area contributed by atoms with Crippen LogP contribution in [0.15, 0.2) is 60.1 Å². The highest BCUT2D eigenvalue weighted by Crippen LogP contribution is 2.41. The second-order valence-electron chi connectivity index (χ2n) is 7.77. The monoisotopic (exact) mass is 426 g/mol. The number of rotatable bonds is 5. The van der Waals surface area contributed by atoms with E-state index < -0.39 is 23.6 Å². The first kappa shape index (κ1) is 20.5. The third-order valence-electron chi connectivity index (χ3n) is 5.73. The van der Waals surface area contributed by atoms with Gasteiger partial charge < -0.3 is 10.0 Å². The van der Waals surface area contributed by atoms with Crippen LogP contribution in [0.2, 0.25) is 5.02 Å². The minimum Gasteiger partial charge on any atom is -0.503 e. The van der Waals surface area contributed by atoms with Gasteiger partial charge in [-0.3, -0.25) is 25.4 Å². The van der Waals surface area contributed by atoms with Crippen molar-refractivity contribution in [1.29, 1.82) is 0 Å². The Bertz CT molecular complexity index is 1000. The lowest BCUT2D eigenvalue weighted by Crippen LogP contribution is -2.35. The summed E-state index contributed by atoms with van der Waals surface area (Å²) in [6.45, 7) is 4.00. The SMILES string of the molecule is CC1NNC(C)C1C(=O)C1=C(O)C(=O)N(Cc2cccnc2)C1c1cccc(Cl)c1. The molecule has 8 heteroatoms. The molecule has 2 aromatic rings. The molecule has 30 heavy (non-hydrogen) atoms. The minimum absolute atomic E-state index is 0.111. The van der Waals surface area contributed by atoms with Gasteiger partial charge in [0.15, 0.2) is 11.5 Å². The van der Waals surface area contributed by atoms with Crippen LogP contribution >= 0.6 is 11.6 Å². The molecule has 1 aromatic heterocycles. The van der Waals surface area contributed by atoms with Crippen molar-refractivity contribution in [2.45, 2.75) is 38.5 Å². The number of benzene rings is 1. The summed E-state index contributed by atoms with van der Waals surface area (Å²) in [5.74, 6) is -1.75. The van der Waals surface area contributed by atoms with Gasteiger partial charge in [0.1, 0.15) is 0 Å². The van der Waals surface area contributed by atoms with Gasteiger partial charge in [0.25, 0.3) is 5.91 Å². The lowest BCUT2D eigenvalue weighted by atomic mass is 9.84. The van der Waals surface area contributed by atoms with E-state index in [4.69, 9.17) is 11.6 Å². The Morgan fingerprint density at radius 2 is 1.93 bits per heavy atom. The maximum absolute atomic E-state index is 13.6. The summed E-state index contributed by atoms with van der Waals surface area (Å²) in [7, 11) is 0. The number of hydrogen-bond acceptors (Lipinski definition) is 6. The molecule has 0 bridgehead atoms. The molecule has 1 saturated heterocycles. The molecule has 156 valence electrons. The van der Waals surface area contributed by atoms with Crippen LogP contribution in [0.4, 0.5) is 0 Å². The molecule has 0 saturated carbocycles. The lowest BCUT2D eigenvalue weighted by molar-refractivity contribution is -0.130. The summed E-state index contributed by atoms with van der Waals surface area (Å²) < 4.78 is 0. The number of Topliss-reactive ketones (excluding diaryl/α,β-unsaturated/α-hetero) is 1. The van der Waals surface area contributed by atoms with Crippen LogP contribution in [0.25, 0.3) is 0 Å². The van der Waals surface area contributed by atoms with Crippen molar-refractivity contribution in [3.8, 4) is 0 Å². The van der Waals surface area contributed by atoms with Crippen molar-refractivity contribution in [3.63, 3.8) is 0 Å². The predicted octanol–water partition coefficient (Wildman–Crippen LogP) is 2.70. The van der Waals surface area contributed by atoms with Gasteiger partial charge in [-0.2, -0.15) is 0 Å². The van der Waals surface area contributed by atoms with Crippen LogP contribution in [-0.4, -0.2) is 38.8 Å². The molecule has 0 aliphatic carbocycles. The number of ketones is 1. The number of carbonyl (C=O) groups is 2. The van der Waals surface area contributed by atoms with E-state index in [2.05, 4.69) is 15.8 Å². The molecule has 7 nitrogen and oxygen atoms in total. The number of amides is 1. The lowest BCUT2D eigenvalue weighted by Gasteiger charge is -2.28. The second-order valence-corrected chi connectivity index (χ2v) is 8.21. The smallest absolute Gasteiger partial charge is 0.290 e. The standard InChI is InChI=1S/C22H23ClN4O3/c1-12-17(13(2)26-25-12)20(28)18-19(15-6-3-7-16(23)9-15)27(22(30)21(18)29)11-14-5-4-8-24-10-14/h3-10,12-13,17,19,25-26,29H,11H2,1-2H3.